The van der Waals surface area contributed by atoms with E-state index in [0.29, 0.717) is 17.8 Å². The number of imidazole rings is 1. The molecule has 0 amide bonds. The van der Waals surface area contributed by atoms with Gasteiger partial charge in [-0.15, -0.1) is 11.6 Å². The lowest BCUT2D eigenvalue weighted by Gasteiger charge is -2.24. The van der Waals surface area contributed by atoms with Crippen LogP contribution in [0, 0.1) is 12.8 Å². The average Bonchev–Trinajstić information content (AvgIpc) is 2.77. The van der Waals surface area contributed by atoms with Gasteiger partial charge >= 0.3 is 0 Å². The fourth-order valence-electron chi connectivity index (χ4n) is 2.83. The maximum absolute atomic E-state index is 6.07. The van der Waals surface area contributed by atoms with Crippen molar-refractivity contribution in [1.29, 1.82) is 0 Å². The van der Waals surface area contributed by atoms with E-state index in [4.69, 9.17) is 11.6 Å². The van der Waals surface area contributed by atoms with Crippen LogP contribution in [0.15, 0.2) is 12.3 Å². The Bertz CT molecular complexity index is 558. The minimum Gasteiger partial charge on any atom is -0.309 e. The maximum Gasteiger partial charge on any atom is 0.160 e. The van der Waals surface area contributed by atoms with Crippen LogP contribution in [0.3, 0.4) is 0 Å². The molecule has 1 atom stereocenters. The summed E-state index contributed by atoms with van der Waals surface area (Å²) in [5.41, 5.74) is 3.04. The number of halogens is 1. The first-order valence-electron chi connectivity index (χ1n) is 7.01. The summed E-state index contributed by atoms with van der Waals surface area (Å²) in [5.74, 6) is 1.98. The number of aromatic nitrogens is 3. The van der Waals surface area contributed by atoms with Crippen LogP contribution in [0.2, 0.25) is 0 Å². The van der Waals surface area contributed by atoms with Crippen LogP contribution in [0.25, 0.3) is 11.2 Å². The zero-order valence-corrected chi connectivity index (χ0v) is 12.9. The molecule has 2 aromatic heterocycles. The minimum absolute atomic E-state index is 0.379. The molecule has 2 heterocycles. The Labute approximate surface area is 120 Å². The van der Waals surface area contributed by atoms with Gasteiger partial charge in [0.05, 0.1) is 5.88 Å². The molecular formula is C15H22ClN3. The molecule has 0 spiro atoms. The highest BCUT2D eigenvalue weighted by molar-refractivity contribution is 6.16. The van der Waals surface area contributed by atoms with Crippen molar-refractivity contribution in [2.24, 2.45) is 5.92 Å². The van der Waals surface area contributed by atoms with E-state index in [1.807, 2.05) is 13.1 Å². The Hall–Kier alpha value is -1.09. The lowest BCUT2D eigenvalue weighted by molar-refractivity contribution is 0.333. The van der Waals surface area contributed by atoms with Crippen LogP contribution in [0.5, 0.6) is 0 Å². The summed E-state index contributed by atoms with van der Waals surface area (Å²) in [7, 11) is 0. The van der Waals surface area contributed by atoms with Gasteiger partial charge in [-0.05, 0) is 31.4 Å². The third-order valence-corrected chi connectivity index (χ3v) is 4.24. The molecule has 0 radical (unpaired) electrons. The number of hydrogen-bond donors (Lipinski definition) is 0. The third kappa shape index (κ3) is 2.62. The standard InChI is InChI=1S/C15H22ClN3/c1-5-12(6-2)11(4)19-14(8-16)18-13-7-10(3)9-17-15(13)19/h7,9,11-12H,5-6,8H2,1-4H3. The smallest absolute Gasteiger partial charge is 0.160 e. The van der Waals surface area contributed by atoms with E-state index in [2.05, 4.69) is 41.4 Å². The predicted molar refractivity (Wildman–Crippen MR) is 80.6 cm³/mol. The summed E-state index contributed by atoms with van der Waals surface area (Å²) >= 11 is 6.07. The highest BCUT2D eigenvalue weighted by atomic mass is 35.5. The van der Waals surface area contributed by atoms with Crippen LogP contribution in [0.1, 0.15) is 51.0 Å². The summed E-state index contributed by atoms with van der Waals surface area (Å²) in [5, 5.41) is 0. The molecule has 19 heavy (non-hydrogen) atoms. The third-order valence-electron chi connectivity index (χ3n) is 4.00. The molecule has 0 aliphatic heterocycles. The molecule has 0 fully saturated rings. The number of rotatable bonds is 5. The van der Waals surface area contributed by atoms with Crippen LogP contribution < -0.4 is 0 Å². The summed E-state index contributed by atoms with van der Waals surface area (Å²) in [6.07, 6.45) is 4.22. The van der Waals surface area contributed by atoms with Gasteiger partial charge in [0, 0.05) is 12.2 Å². The number of alkyl halides is 1. The van der Waals surface area contributed by atoms with Crippen molar-refractivity contribution in [1.82, 2.24) is 14.5 Å². The van der Waals surface area contributed by atoms with E-state index < -0.39 is 0 Å². The molecule has 0 aliphatic rings. The van der Waals surface area contributed by atoms with Gasteiger partial charge in [-0.2, -0.15) is 0 Å². The van der Waals surface area contributed by atoms with Crippen LogP contribution >= 0.6 is 11.6 Å². The minimum atomic E-state index is 0.379. The van der Waals surface area contributed by atoms with Gasteiger partial charge in [-0.1, -0.05) is 26.7 Å². The van der Waals surface area contributed by atoms with E-state index in [-0.39, 0.29) is 0 Å². The zero-order chi connectivity index (χ0) is 14.0. The second-order valence-corrected chi connectivity index (χ2v) is 5.47. The molecule has 0 saturated carbocycles. The van der Waals surface area contributed by atoms with Crippen molar-refractivity contribution in [3.05, 3.63) is 23.7 Å². The van der Waals surface area contributed by atoms with Crippen molar-refractivity contribution in [2.75, 3.05) is 0 Å². The number of pyridine rings is 1. The first-order valence-corrected chi connectivity index (χ1v) is 7.55. The van der Waals surface area contributed by atoms with Gasteiger partial charge in [-0.3, -0.25) is 0 Å². The number of aryl methyl sites for hydroxylation is 1. The fourth-order valence-corrected chi connectivity index (χ4v) is 3.02. The van der Waals surface area contributed by atoms with E-state index in [0.717, 1.165) is 35.4 Å². The number of nitrogens with zero attached hydrogens (tertiary/aromatic N) is 3. The molecular weight excluding hydrogens is 258 g/mol. The Morgan fingerprint density at radius 1 is 1.32 bits per heavy atom. The monoisotopic (exact) mass is 279 g/mol. The van der Waals surface area contributed by atoms with Crippen LogP contribution in [-0.4, -0.2) is 14.5 Å². The molecule has 0 saturated heterocycles. The van der Waals surface area contributed by atoms with Gasteiger partial charge in [-0.25, -0.2) is 9.97 Å². The molecule has 104 valence electrons. The van der Waals surface area contributed by atoms with Crippen molar-refractivity contribution in [3.8, 4) is 0 Å². The Morgan fingerprint density at radius 2 is 2.00 bits per heavy atom. The Morgan fingerprint density at radius 3 is 2.58 bits per heavy atom. The van der Waals surface area contributed by atoms with Gasteiger partial charge in [0.2, 0.25) is 0 Å². The van der Waals surface area contributed by atoms with Crippen molar-refractivity contribution in [2.45, 2.75) is 52.5 Å². The molecule has 0 aromatic carbocycles. The maximum atomic E-state index is 6.07. The SMILES string of the molecule is CCC(CC)C(C)n1c(CCl)nc2cc(C)cnc21. The van der Waals surface area contributed by atoms with Crippen molar-refractivity contribution in [3.63, 3.8) is 0 Å². The van der Waals surface area contributed by atoms with Gasteiger partial charge < -0.3 is 4.57 Å². The molecule has 2 aromatic rings. The number of hydrogen-bond acceptors (Lipinski definition) is 2. The highest BCUT2D eigenvalue weighted by Crippen LogP contribution is 2.29. The summed E-state index contributed by atoms with van der Waals surface area (Å²) < 4.78 is 2.22. The van der Waals surface area contributed by atoms with Crippen molar-refractivity contribution < 1.29 is 0 Å². The molecule has 0 bridgehead atoms. The van der Waals surface area contributed by atoms with E-state index >= 15 is 0 Å². The molecule has 1 unspecified atom stereocenters. The Balaban J connectivity index is 2.57. The van der Waals surface area contributed by atoms with Crippen LogP contribution in [0.4, 0.5) is 0 Å². The first kappa shape index (κ1) is 14.3. The summed E-state index contributed by atoms with van der Waals surface area (Å²) in [4.78, 5) is 9.20. The lowest BCUT2D eigenvalue weighted by Crippen LogP contribution is -2.18. The van der Waals surface area contributed by atoms with Gasteiger partial charge in [0.1, 0.15) is 11.3 Å². The van der Waals surface area contributed by atoms with Crippen LogP contribution in [-0.2, 0) is 5.88 Å². The topological polar surface area (TPSA) is 30.7 Å². The molecule has 0 aliphatic carbocycles. The molecule has 2 rings (SSSR count). The second-order valence-electron chi connectivity index (χ2n) is 5.20. The molecule has 3 nitrogen and oxygen atoms in total. The molecule has 0 N–H and O–H groups in total. The normalized spacial score (nSPS) is 13.4. The van der Waals surface area contributed by atoms with E-state index in [9.17, 15) is 0 Å². The van der Waals surface area contributed by atoms with Crippen molar-refractivity contribution >= 4 is 22.8 Å². The van der Waals surface area contributed by atoms with Gasteiger partial charge in [0.25, 0.3) is 0 Å². The Kier molecular flexibility index (Phi) is 4.46. The quantitative estimate of drug-likeness (QED) is 0.756. The molecule has 4 heteroatoms. The highest BCUT2D eigenvalue weighted by Gasteiger charge is 2.21. The fraction of sp³-hybridized carbons (Fsp3) is 0.600. The van der Waals surface area contributed by atoms with Gasteiger partial charge in [0.15, 0.2) is 5.65 Å². The second kappa shape index (κ2) is 5.91. The average molecular weight is 280 g/mol. The summed E-state index contributed by atoms with van der Waals surface area (Å²) in [6, 6.07) is 2.46. The van der Waals surface area contributed by atoms with E-state index in [1.165, 1.54) is 0 Å². The largest absolute Gasteiger partial charge is 0.309 e. The number of fused-ring (bicyclic) bond motifs is 1. The first-order chi connectivity index (χ1) is 9.12. The van der Waals surface area contributed by atoms with E-state index in [1.54, 1.807) is 0 Å². The summed E-state index contributed by atoms with van der Waals surface area (Å²) in [6.45, 7) is 8.76. The zero-order valence-electron chi connectivity index (χ0n) is 12.2. The predicted octanol–water partition coefficient (Wildman–Crippen LogP) is 4.48. The lowest BCUT2D eigenvalue weighted by atomic mass is 9.95.